The van der Waals surface area contributed by atoms with Crippen molar-refractivity contribution in [3.63, 3.8) is 0 Å². The van der Waals surface area contributed by atoms with Gasteiger partial charge in [-0.25, -0.2) is 0 Å². The minimum atomic E-state index is -0.461. The average Bonchev–Trinajstić information content (AvgIpc) is 3.24. The molecule has 8 nitrogen and oxygen atoms in total. The van der Waals surface area contributed by atoms with E-state index in [0.717, 1.165) is 12.8 Å². The van der Waals surface area contributed by atoms with Crippen molar-refractivity contribution in [3.8, 4) is 0 Å². The number of rotatable bonds is 1. The van der Waals surface area contributed by atoms with Crippen LogP contribution in [0.1, 0.15) is 19.3 Å². The van der Waals surface area contributed by atoms with Gasteiger partial charge in [-0.15, -0.1) is 0 Å². The summed E-state index contributed by atoms with van der Waals surface area (Å²) in [6.07, 6.45) is 2.15. The summed E-state index contributed by atoms with van der Waals surface area (Å²) < 4.78 is 0. The lowest BCUT2D eigenvalue weighted by Gasteiger charge is -2.35. The SMILES string of the molecule is O=C1CC(C(=O)N2CCN(C(=O)C(=O)N3CCCC3)CC2)CN1. The molecule has 3 aliphatic rings. The number of carbonyl (C=O) groups is 4. The Balaban J connectivity index is 1.49. The zero-order chi connectivity index (χ0) is 16.4. The fourth-order valence-corrected chi connectivity index (χ4v) is 3.36. The lowest BCUT2D eigenvalue weighted by Crippen LogP contribution is -2.55. The highest BCUT2D eigenvalue weighted by Gasteiger charge is 2.35. The van der Waals surface area contributed by atoms with Crippen molar-refractivity contribution < 1.29 is 19.2 Å². The van der Waals surface area contributed by atoms with Crippen LogP contribution in [-0.2, 0) is 19.2 Å². The number of piperazine rings is 1. The monoisotopic (exact) mass is 322 g/mol. The Bertz CT molecular complexity index is 522. The molecular formula is C15H22N4O4. The number of nitrogens with zero attached hydrogens (tertiary/aromatic N) is 3. The summed E-state index contributed by atoms with van der Waals surface area (Å²) in [5.41, 5.74) is 0. The van der Waals surface area contributed by atoms with E-state index >= 15 is 0 Å². The number of hydrogen-bond acceptors (Lipinski definition) is 4. The van der Waals surface area contributed by atoms with E-state index in [2.05, 4.69) is 5.32 Å². The van der Waals surface area contributed by atoms with Gasteiger partial charge in [-0.2, -0.15) is 0 Å². The van der Waals surface area contributed by atoms with Crippen LogP contribution in [-0.4, -0.2) is 84.1 Å². The summed E-state index contributed by atoms with van der Waals surface area (Å²) in [6, 6.07) is 0. The maximum atomic E-state index is 12.3. The molecule has 23 heavy (non-hydrogen) atoms. The second-order valence-electron chi connectivity index (χ2n) is 6.32. The normalized spacial score (nSPS) is 24.8. The second-order valence-corrected chi connectivity index (χ2v) is 6.32. The van der Waals surface area contributed by atoms with Gasteiger partial charge in [0.05, 0.1) is 5.92 Å². The van der Waals surface area contributed by atoms with Gasteiger partial charge in [0.25, 0.3) is 0 Å². The highest BCUT2D eigenvalue weighted by atomic mass is 16.2. The molecule has 1 N–H and O–H groups in total. The van der Waals surface area contributed by atoms with Crippen LogP contribution >= 0.6 is 0 Å². The first kappa shape index (κ1) is 15.8. The topological polar surface area (TPSA) is 90.0 Å². The van der Waals surface area contributed by atoms with Crippen LogP contribution in [0.15, 0.2) is 0 Å². The van der Waals surface area contributed by atoms with E-state index in [1.807, 2.05) is 0 Å². The van der Waals surface area contributed by atoms with Crippen molar-refractivity contribution in [1.29, 1.82) is 0 Å². The van der Waals surface area contributed by atoms with Crippen molar-refractivity contribution in [2.75, 3.05) is 45.8 Å². The molecule has 0 bridgehead atoms. The average molecular weight is 322 g/mol. The Morgan fingerprint density at radius 1 is 0.826 bits per heavy atom. The van der Waals surface area contributed by atoms with E-state index in [4.69, 9.17) is 0 Å². The molecule has 1 unspecified atom stereocenters. The first-order valence-corrected chi connectivity index (χ1v) is 8.20. The number of nitrogens with one attached hydrogen (secondary N) is 1. The minimum absolute atomic E-state index is 0.0404. The zero-order valence-electron chi connectivity index (χ0n) is 13.1. The molecule has 3 fully saturated rings. The van der Waals surface area contributed by atoms with E-state index < -0.39 is 11.8 Å². The van der Waals surface area contributed by atoms with Gasteiger partial charge in [-0.05, 0) is 12.8 Å². The summed E-state index contributed by atoms with van der Waals surface area (Å²) in [5, 5.41) is 2.66. The van der Waals surface area contributed by atoms with E-state index in [1.165, 1.54) is 4.90 Å². The van der Waals surface area contributed by atoms with Gasteiger partial charge in [0.15, 0.2) is 0 Å². The van der Waals surface area contributed by atoms with Crippen LogP contribution in [0, 0.1) is 5.92 Å². The predicted octanol–water partition coefficient (Wildman–Crippen LogP) is -1.58. The van der Waals surface area contributed by atoms with E-state index in [1.54, 1.807) is 9.80 Å². The Morgan fingerprint density at radius 3 is 1.87 bits per heavy atom. The molecule has 4 amide bonds. The molecule has 1 atom stereocenters. The first-order chi connectivity index (χ1) is 11.1. The molecule has 3 rings (SSSR count). The Labute approximate surface area is 134 Å². The molecule has 0 aromatic carbocycles. The van der Waals surface area contributed by atoms with Gasteiger partial charge in [0.2, 0.25) is 11.8 Å². The van der Waals surface area contributed by atoms with Crippen LogP contribution in [0.2, 0.25) is 0 Å². The van der Waals surface area contributed by atoms with Gasteiger partial charge in [-0.3, -0.25) is 19.2 Å². The third kappa shape index (κ3) is 3.30. The van der Waals surface area contributed by atoms with Crippen molar-refractivity contribution >= 4 is 23.6 Å². The third-order valence-electron chi connectivity index (χ3n) is 4.78. The molecule has 0 spiro atoms. The summed E-state index contributed by atoms with van der Waals surface area (Å²) in [5.74, 6) is -1.31. The van der Waals surface area contributed by atoms with Crippen LogP contribution in [0.3, 0.4) is 0 Å². The Kier molecular flexibility index (Phi) is 4.49. The number of amides is 4. The lowest BCUT2D eigenvalue weighted by molar-refractivity contribution is -0.153. The molecule has 0 aliphatic carbocycles. The molecule has 0 saturated carbocycles. The third-order valence-corrected chi connectivity index (χ3v) is 4.78. The fraction of sp³-hybridized carbons (Fsp3) is 0.733. The zero-order valence-corrected chi connectivity index (χ0v) is 13.1. The fourth-order valence-electron chi connectivity index (χ4n) is 3.36. The quantitative estimate of drug-likeness (QED) is 0.590. The molecular weight excluding hydrogens is 300 g/mol. The molecule has 8 heteroatoms. The summed E-state index contributed by atoms with van der Waals surface area (Å²) in [4.78, 5) is 52.7. The largest absolute Gasteiger partial charge is 0.355 e. The number of hydrogen-bond donors (Lipinski definition) is 1. The molecule has 126 valence electrons. The summed E-state index contributed by atoms with van der Waals surface area (Å²) in [6.45, 7) is 3.29. The van der Waals surface area contributed by atoms with E-state index in [9.17, 15) is 19.2 Å². The van der Waals surface area contributed by atoms with Gasteiger partial charge >= 0.3 is 11.8 Å². The van der Waals surface area contributed by atoms with Crippen molar-refractivity contribution in [1.82, 2.24) is 20.0 Å². The summed E-state index contributed by atoms with van der Waals surface area (Å²) >= 11 is 0. The standard InChI is InChI=1S/C15H22N4O4/c20-12-9-11(10-16-12)13(21)18-5-7-19(8-6-18)15(23)14(22)17-3-1-2-4-17/h11H,1-10H2,(H,16,20). The lowest BCUT2D eigenvalue weighted by atomic mass is 10.1. The maximum Gasteiger partial charge on any atom is 0.312 e. The molecule has 0 aromatic rings. The Hall–Kier alpha value is -2.12. The Morgan fingerprint density at radius 2 is 1.35 bits per heavy atom. The second kappa shape index (κ2) is 6.55. The summed E-state index contributed by atoms with van der Waals surface area (Å²) in [7, 11) is 0. The molecule has 0 radical (unpaired) electrons. The van der Waals surface area contributed by atoms with E-state index in [-0.39, 0.29) is 24.2 Å². The van der Waals surface area contributed by atoms with Gasteiger partial charge in [0, 0.05) is 52.2 Å². The van der Waals surface area contributed by atoms with Crippen LogP contribution < -0.4 is 5.32 Å². The molecule has 0 aromatic heterocycles. The number of carbonyl (C=O) groups excluding carboxylic acids is 4. The van der Waals surface area contributed by atoms with Gasteiger partial charge in [-0.1, -0.05) is 0 Å². The highest BCUT2D eigenvalue weighted by molar-refractivity contribution is 6.35. The highest BCUT2D eigenvalue weighted by Crippen LogP contribution is 2.15. The van der Waals surface area contributed by atoms with Crippen LogP contribution in [0.4, 0.5) is 0 Å². The number of likely N-dealkylation sites (tertiary alicyclic amines) is 1. The minimum Gasteiger partial charge on any atom is -0.355 e. The van der Waals surface area contributed by atoms with Crippen molar-refractivity contribution in [2.45, 2.75) is 19.3 Å². The van der Waals surface area contributed by atoms with E-state index in [0.29, 0.717) is 45.8 Å². The van der Waals surface area contributed by atoms with Crippen LogP contribution in [0.25, 0.3) is 0 Å². The van der Waals surface area contributed by atoms with Gasteiger partial charge in [0.1, 0.15) is 0 Å². The van der Waals surface area contributed by atoms with Crippen molar-refractivity contribution in [2.24, 2.45) is 5.92 Å². The van der Waals surface area contributed by atoms with Crippen LogP contribution in [0.5, 0.6) is 0 Å². The smallest absolute Gasteiger partial charge is 0.312 e. The predicted molar refractivity (Wildman–Crippen MR) is 80.1 cm³/mol. The first-order valence-electron chi connectivity index (χ1n) is 8.20. The van der Waals surface area contributed by atoms with Crippen molar-refractivity contribution in [3.05, 3.63) is 0 Å². The molecule has 3 saturated heterocycles. The molecule has 3 heterocycles. The van der Waals surface area contributed by atoms with Gasteiger partial charge < -0.3 is 20.0 Å². The maximum absolute atomic E-state index is 12.3. The molecule has 3 aliphatic heterocycles.